The van der Waals surface area contributed by atoms with Crippen LogP contribution in [0.3, 0.4) is 0 Å². The first-order valence-electron chi connectivity index (χ1n) is 7.07. The van der Waals surface area contributed by atoms with E-state index in [1.807, 2.05) is 20.8 Å². The number of thioether (sulfide) groups is 1. The highest BCUT2D eigenvalue weighted by molar-refractivity contribution is 7.98. The van der Waals surface area contributed by atoms with Gasteiger partial charge >= 0.3 is 6.55 Å². The molecule has 5 nitrogen and oxygen atoms in total. The summed E-state index contributed by atoms with van der Waals surface area (Å²) in [5.41, 5.74) is 0.727. The van der Waals surface area contributed by atoms with Gasteiger partial charge in [-0.1, -0.05) is 49.8 Å². The summed E-state index contributed by atoms with van der Waals surface area (Å²) >= 11 is 1.15. The lowest BCUT2D eigenvalue weighted by Crippen LogP contribution is -2.13. The summed E-state index contributed by atoms with van der Waals surface area (Å²) in [4.78, 5) is 8.56. The summed E-state index contributed by atoms with van der Waals surface area (Å²) in [6.07, 6.45) is 0. The molecule has 1 aromatic carbocycles. The average molecular weight is 338 g/mol. The maximum atomic E-state index is 13.3. The monoisotopic (exact) mass is 338 g/mol. The van der Waals surface area contributed by atoms with E-state index in [1.165, 1.54) is 0 Å². The van der Waals surface area contributed by atoms with Crippen LogP contribution in [0.25, 0.3) is 11.0 Å². The molecule has 3 rings (SSSR count). The van der Waals surface area contributed by atoms with E-state index in [-0.39, 0.29) is 10.6 Å². The molecule has 0 aliphatic rings. The van der Waals surface area contributed by atoms with Crippen LogP contribution in [0.15, 0.2) is 33.9 Å². The molecule has 0 saturated heterocycles. The first-order chi connectivity index (χ1) is 10.9. The van der Waals surface area contributed by atoms with Gasteiger partial charge in [0.1, 0.15) is 0 Å². The van der Waals surface area contributed by atoms with Gasteiger partial charge in [-0.2, -0.15) is 13.8 Å². The number of imidazole rings is 1. The predicted molar refractivity (Wildman–Crippen MR) is 83.5 cm³/mol. The van der Waals surface area contributed by atoms with Gasteiger partial charge in [0, 0.05) is 5.41 Å². The lowest BCUT2D eigenvalue weighted by molar-refractivity contribution is 0.0656. The van der Waals surface area contributed by atoms with Crippen molar-refractivity contribution in [2.24, 2.45) is 0 Å². The molecule has 23 heavy (non-hydrogen) atoms. The maximum Gasteiger partial charge on any atom is 0.321 e. The highest BCUT2D eigenvalue weighted by atomic mass is 32.2. The zero-order valence-electron chi connectivity index (χ0n) is 13.0. The van der Waals surface area contributed by atoms with Gasteiger partial charge in [0.05, 0.1) is 16.8 Å². The zero-order chi connectivity index (χ0) is 16.6. The van der Waals surface area contributed by atoms with Gasteiger partial charge in [-0.3, -0.25) is 4.57 Å². The first kappa shape index (κ1) is 15.9. The maximum absolute atomic E-state index is 13.3. The Morgan fingerprint density at radius 3 is 2.61 bits per heavy atom. The SMILES string of the molecule is CC(C)(C)c1noc(CSc2nc3ccccc3n2C(F)F)n1. The molecule has 2 heterocycles. The second-order valence-corrected chi connectivity index (χ2v) is 7.02. The minimum Gasteiger partial charge on any atom is -0.338 e. The molecular weight excluding hydrogens is 322 g/mol. The van der Waals surface area contributed by atoms with Crippen molar-refractivity contribution in [2.45, 2.75) is 43.6 Å². The number of hydrogen-bond acceptors (Lipinski definition) is 5. The van der Waals surface area contributed by atoms with Crippen LogP contribution in [0.5, 0.6) is 0 Å². The Labute approximate surface area is 136 Å². The van der Waals surface area contributed by atoms with E-state index in [0.717, 1.165) is 16.3 Å². The Hall–Kier alpha value is -1.96. The third-order valence-electron chi connectivity index (χ3n) is 3.22. The van der Waals surface area contributed by atoms with Gasteiger partial charge in [-0.15, -0.1) is 0 Å². The summed E-state index contributed by atoms with van der Waals surface area (Å²) in [5, 5.41) is 4.16. The van der Waals surface area contributed by atoms with E-state index in [4.69, 9.17) is 4.52 Å². The molecule has 0 radical (unpaired) electrons. The summed E-state index contributed by atoms with van der Waals surface area (Å²) in [6.45, 7) is 3.28. The molecule has 0 N–H and O–H groups in total. The predicted octanol–water partition coefficient (Wildman–Crippen LogP) is 4.40. The van der Waals surface area contributed by atoms with Crippen LogP contribution in [0.1, 0.15) is 39.0 Å². The van der Waals surface area contributed by atoms with Crippen molar-refractivity contribution >= 4 is 22.8 Å². The normalized spacial score (nSPS) is 12.4. The molecule has 0 saturated carbocycles. The van der Waals surface area contributed by atoms with Crippen molar-refractivity contribution < 1.29 is 13.3 Å². The fourth-order valence-corrected chi connectivity index (χ4v) is 2.91. The smallest absolute Gasteiger partial charge is 0.321 e. The van der Waals surface area contributed by atoms with Gasteiger partial charge in [0.25, 0.3) is 0 Å². The van der Waals surface area contributed by atoms with Crippen molar-refractivity contribution in [3.05, 3.63) is 36.0 Å². The number of aromatic nitrogens is 4. The lowest BCUT2D eigenvalue weighted by atomic mass is 9.96. The number of nitrogens with zero attached hydrogens (tertiary/aromatic N) is 4. The van der Waals surface area contributed by atoms with E-state index in [9.17, 15) is 8.78 Å². The zero-order valence-corrected chi connectivity index (χ0v) is 13.8. The van der Waals surface area contributed by atoms with Crippen LogP contribution in [0.2, 0.25) is 0 Å². The van der Waals surface area contributed by atoms with Gasteiger partial charge in [0.2, 0.25) is 5.89 Å². The summed E-state index contributed by atoms with van der Waals surface area (Å²) in [6, 6.07) is 6.82. The fraction of sp³-hybridized carbons (Fsp3) is 0.400. The van der Waals surface area contributed by atoms with E-state index >= 15 is 0 Å². The highest BCUT2D eigenvalue weighted by Gasteiger charge is 2.22. The van der Waals surface area contributed by atoms with Crippen molar-refractivity contribution in [1.29, 1.82) is 0 Å². The topological polar surface area (TPSA) is 56.7 Å². The summed E-state index contributed by atoms with van der Waals surface area (Å²) in [7, 11) is 0. The Bertz CT molecular complexity index is 822. The molecule has 3 aromatic rings. The third kappa shape index (κ3) is 3.21. The number of fused-ring (bicyclic) bond motifs is 1. The Morgan fingerprint density at radius 2 is 1.96 bits per heavy atom. The number of alkyl halides is 2. The van der Waals surface area contributed by atoms with Crippen molar-refractivity contribution in [1.82, 2.24) is 19.7 Å². The summed E-state index contributed by atoms with van der Waals surface area (Å²) in [5.74, 6) is 1.28. The first-order valence-corrected chi connectivity index (χ1v) is 8.06. The number of halogens is 2. The molecule has 0 fully saturated rings. The number of para-hydroxylation sites is 2. The van der Waals surface area contributed by atoms with Crippen LogP contribution in [0, 0.1) is 0 Å². The minimum atomic E-state index is -2.65. The minimum absolute atomic E-state index is 0.220. The van der Waals surface area contributed by atoms with E-state index in [1.54, 1.807) is 24.3 Å². The van der Waals surface area contributed by atoms with E-state index in [0.29, 0.717) is 28.5 Å². The van der Waals surface area contributed by atoms with E-state index in [2.05, 4.69) is 15.1 Å². The molecule has 0 amide bonds. The number of hydrogen-bond donors (Lipinski definition) is 0. The van der Waals surface area contributed by atoms with Crippen LogP contribution < -0.4 is 0 Å². The standard InChI is InChI=1S/C15H16F2N4OS/c1-15(2,3)12-19-11(22-20-12)8-23-14-18-9-6-4-5-7-10(9)21(14)13(16)17/h4-7,13H,8H2,1-3H3. The van der Waals surface area contributed by atoms with Crippen LogP contribution in [-0.4, -0.2) is 19.7 Å². The van der Waals surface area contributed by atoms with Gasteiger partial charge in [-0.05, 0) is 12.1 Å². The molecule has 0 aliphatic heterocycles. The molecule has 2 aromatic heterocycles. The quantitative estimate of drug-likeness (QED) is 0.660. The lowest BCUT2D eigenvalue weighted by Gasteiger charge is -2.10. The molecule has 0 aliphatic carbocycles. The average Bonchev–Trinajstić information content (AvgIpc) is 3.08. The fourth-order valence-electron chi connectivity index (χ4n) is 2.06. The second-order valence-electron chi connectivity index (χ2n) is 6.08. The molecular formula is C15H16F2N4OS. The van der Waals surface area contributed by atoms with Crippen LogP contribution in [-0.2, 0) is 11.2 Å². The van der Waals surface area contributed by atoms with Crippen LogP contribution >= 0.6 is 11.8 Å². The molecule has 0 bridgehead atoms. The Kier molecular flexibility index (Phi) is 4.09. The largest absolute Gasteiger partial charge is 0.338 e. The highest BCUT2D eigenvalue weighted by Crippen LogP contribution is 2.31. The molecule has 0 spiro atoms. The van der Waals surface area contributed by atoms with Gasteiger partial charge < -0.3 is 4.52 Å². The Balaban J connectivity index is 1.84. The van der Waals surface area contributed by atoms with Crippen LogP contribution in [0.4, 0.5) is 8.78 Å². The number of benzene rings is 1. The molecule has 0 unspecified atom stereocenters. The summed E-state index contributed by atoms with van der Waals surface area (Å²) < 4.78 is 32.8. The second kappa shape index (κ2) is 5.92. The van der Waals surface area contributed by atoms with E-state index < -0.39 is 6.55 Å². The molecule has 8 heteroatoms. The van der Waals surface area contributed by atoms with Gasteiger partial charge in [-0.25, -0.2) is 4.98 Å². The number of rotatable bonds is 4. The van der Waals surface area contributed by atoms with Crippen molar-refractivity contribution in [3.8, 4) is 0 Å². The molecule has 0 atom stereocenters. The van der Waals surface area contributed by atoms with Crippen molar-refractivity contribution in [3.63, 3.8) is 0 Å². The van der Waals surface area contributed by atoms with Gasteiger partial charge in [0.15, 0.2) is 11.0 Å². The van der Waals surface area contributed by atoms with Crippen molar-refractivity contribution in [2.75, 3.05) is 0 Å². The Morgan fingerprint density at radius 1 is 1.22 bits per heavy atom. The third-order valence-corrected chi connectivity index (χ3v) is 4.16. The molecule has 122 valence electrons.